The van der Waals surface area contributed by atoms with E-state index in [1.807, 2.05) is 0 Å². The van der Waals surface area contributed by atoms with Crippen LogP contribution in [0.3, 0.4) is 0 Å². The molecule has 3 heteroatoms. The molecule has 0 heterocycles. The number of hydrogen-bond acceptors (Lipinski definition) is 2. The first-order valence-electron chi connectivity index (χ1n) is 6.74. The lowest BCUT2D eigenvalue weighted by Crippen LogP contribution is -2.29. The Hall–Kier alpha value is -1.22. The summed E-state index contributed by atoms with van der Waals surface area (Å²) < 4.78 is 13.4. The number of ketones is 1. The third-order valence-electron chi connectivity index (χ3n) is 3.37. The molecule has 0 amide bonds. The van der Waals surface area contributed by atoms with Crippen LogP contribution in [-0.4, -0.2) is 29.8 Å². The number of benzene rings is 1. The fourth-order valence-corrected chi connectivity index (χ4v) is 2.27. The second kappa shape index (κ2) is 6.10. The van der Waals surface area contributed by atoms with Gasteiger partial charge in [-0.05, 0) is 37.9 Å². The SMILES string of the molecule is CCCN(CCC(=O)c1ccccc1F)C1CC1. The minimum atomic E-state index is -0.407. The quantitative estimate of drug-likeness (QED) is 0.691. The van der Waals surface area contributed by atoms with Gasteiger partial charge in [-0.2, -0.15) is 0 Å². The molecule has 1 saturated carbocycles. The summed E-state index contributed by atoms with van der Waals surface area (Å²) >= 11 is 0. The molecule has 1 aromatic carbocycles. The number of halogens is 1. The third kappa shape index (κ3) is 3.39. The van der Waals surface area contributed by atoms with E-state index in [1.165, 1.54) is 18.9 Å². The zero-order chi connectivity index (χ0) is 13.0. The predicted octanol–water partition coefficient (Wildman–Crippen LogP) is 3.27. The van der Waals surface area contributed by atoms with E-state index in [4.69, 9.17) is 0 Å². The maximum Gasteiger partial charge on any atom is 0.167 e. The van der Waals surface area contributed by atoms with Crippen molar-refractivity contribution in [3.8, 4) is 0 Å². The summed E-state index contributed by atoms with van der Waals surface area (Å²) in [5, 5.41) is 0. The van der Waals surface area contributed by atoms with Crippen molar-refractivity contribution in [3.63, 3.8) is 0 Å². The third-order valence-corrected chi connectivity index (χ3v) is 3.37. The first-order chi connectivity index (χ1) is 8.72. The molecule has 18 heavy (non-hydrogen) atoms. The van der Waals surface area contributed by atoms with E-state index in [9.17, 15) is 9.18 Å². The van der Waals surface area contributed by atoms with E-state index in [0.717, 1.165) is 19.5 Å². The summed E-state index contributed by atoms with van der Waals surface area (Å²) in [6.07, 6.45) is 4.00. The highest BCUT2D eigenvalue weighted by molar-refractivity contribution is 5.96. The van der Waals surface area contributed by atoms with Crippen LogP contribution >= 0.6 is 0 Å². The predicted molar refractivity (Wildman–Crippen MR) is 70.2 cm³/mol. The second-order valence-corrected chi connectivity index (χ2v) is 4.92. The van der Waals surface area contributed by atoms with Gasteiger partial charge in [0, 0.05) is 19.0 Å². The minimum absolute atomic E-state index is 0.0881. The van der Waals surface area contributed by atoms with Crippen molar-refractivity contribution in [2.45, 2.75) is 38.6 Å². The average Bonchev–Trinajstić information content (AvgIpc) is 3.19. The Morgan fingerprint density at radius 3 is 2.67 bits per heavy atom. The summed E-state index contributed by atoms with van der Waals surface area (Å²) in [6.45, 7) is 3.94. The largest absolute Gasteiger partial charge is 0.300 e. The summed E-state index contributed by atoms with van der Waals surface area (Å²) in [5.41, 5.74) is 0.227. The van der Waals surface area contributed by atoms with Crippen LogP contribution < -0.4 is 0 Å². The monoisotopic (exact) mass is 249 g/mol. The molecule has 0 spiro atoms. The molecule has 2 nitrogen and oxygen atoms in total. The maximum atomic E-state index is 13.4. The number of Topliss-reactive ketones (excluding diaryl/α,β-unsaturated/α-hetero) is 1. The van der Waals surface area contributed by atoms with Crippen LogP contribution in [0.1, 0.15) is 43.0 Å². The Balaban J connectivity index is 1.89. The van der Waals surface area contributed by atoms with E-state index < -0.39 is 5.82 Å². The summed E-state index contributed by atoms with van der Waals surface area (Å²) in [4.78, 5) is 14.3. The van der Waals surface area contributed by atoms with Gasteiger partial charge in [-0.1, -0.05) is 19.1 Å². The Labute approximate surface area is 108 Å². The Bertz CT molecular complexity index is 415. The normalized spacial score (nSPS) is 15.1. The van der Waals surface area contributed by atoms with Gasteiger partial charge in [-0.15, -0.1) is 0 Å². The van der Waals surface area contributed by atoms with Crippen LogP contribution in [0.5, 0.6) is 0 Å². The lowest BCUT2D eigenvalue weighted by molar-refractivity contribution is 0.0958. The van der Waals surface area contributed by atoms with E-state index in [0.29, 0.717) is 12.5 Å². The van der Waals surface area contributed by atoms with E-state index in [2.05, 4.69) is 11.8 Å². The van der Waals surface area contributed by atoms with Gasteiger partial charge < -0.3 is 0 Å². The summed E-state index contributed by atoms with van der Waals surface area (Å²) in [6, 6.07) is 6.90. The number of hydrogen-bond donors (Lipinski definition) is 0. The maximum absolute atomic E-state index is 13.4. The second-order valence-electron chi connectivity index (χ2n) is 4.92. The van der Waals surface area contributed by atoms with Gasteiger partial charge in [-0.25, -0.2) is 4.39 Å². The molecule has 1 aromatic rings. The molecule has 98 valence electrons. The van der Waals surface area contributed by atoms with Crippen LogP contribution in [-0.2, 0) is 0 Å². The molecule has 0 radical (unpaired) electrons. The average molecular weight is 249 g/mol. The van der Waals surface area contributed by atoms with Gasteiger partial charge in [0.25, 0.3) is 0 Å². The molecule has 1 aliphatic carbocycles. The van der Waals surface area contributed by atoms with Crippen LogP contribution in [0.25, 0.3) is 0 Å². The van der Waals surface area contributed by atoms with Crippen molar-refractivity contribution in [2.24, 2.45) is 0 Å². The van der Waals surface area contributed by atoms with Crippen molar-refractivity contribution in [1.82, 2.24) is 4.90 Å². The molecule has 2 rings (SSSR count). The number of rotatable bonds is 7. The van der Waals surface area contributed by atoms with Crippen LogP contribution in [0.2, 0.25) is 0 Å². The van der Waals surface area contributed by atoms with Crippen LogP contribution in [0.15, 0.2) is 24.3 Å². The standard InChI is InChI=1S/C15H20FNO/c1-2-10-17(12-7-8-12)11-9-15(18)13-5-3-4-6-14(13)16/h3-6,12H,2,7-11H2,1H3. The smallest absolute Gasteiger partial charge is 0.167 e. The summed E-state index contributed by atoms with van der Waals surface area (Å²) in [7, 11) is 0. The minimum Gasteiger partial charge on any atom is -0.300 e. The van der Waals surface area contributed by atoms with Crippen molar-refractivity contribution >= 4 is 5.78 Å². The van der Waals surface area contributed by atoms with Crippen LogP contribution in [0, 0.1) is 5.82 Å². The lowest BCUT2D eigenvalue weighted by atomic mass is 10.1. The molecule has 0 saturated heterocycles. The van der Waals surface area contributed by atoms with Gasteiger partial charge >= 0.3 is 0 Å². The molecule has 1 fully saturated rings. The van der Waals surface area contributed by atoms with Gasteiger partial charge in [0.2, 0.25) is 0 Å². The summed E-state index contributed by atoms with van der Waals surface area (Å²) in [5.74, 6) is -0.495. The molecule has 0 aromatic heterocycles. The number of nitrogens with zero attached hydrogens (tertiary/aromatic N) is 1. The highest BCUT2D eigenvalue weighted by Crippen LogP contribution is 2.27. The lowest BCUT2D eigenvalue weighted by Gasteiger charge is -2.20. The van der Waals surface area contributed by atoms with E-state index in [-0.39, 0.29) is 11.3 Å². The Morgan fingerprint density at radius 2 is 2.06 bits per heavy atom. The van der Waals surface area contributed by atoms with Crippen LogP contribution in [0.4, 0.5) is 4.39 Å². The van der Waals surface area contributed by atoms with Crippen molar-refractivity contribution in [2.75, 3.05) is 13.1 Å². The fraction of sp³-hybridized carbons (Fsp3) is 0.533. The molecule has 0 bridgehead atoms. The van der Waals surface area contributed by atoms with Crippen molar-refractivity contribution in [1.29, 1.82) is 0 Å². The molecule has 0 atom stereocenters. The van der Waals surface area contributed by atoms with Crippen molar-refractivity contribution < 1.29 is 9.18 Å². The molecular weight excluding hydrogens is 229 g/mol. The molecular formula is C15H20FNO. The van der Waals surface area contributed by atoms with Gasteiger partial charge in [0.05, 0.1) is 5.56 Å². The first kappa shape index (κ1) is 13.2. The van der Waals surface area contributed by atoms with E-state index in [1.54, 1.807) is 18.2 Å². The molecule has 1 aliphatic rings. The fourth-order valence-electron chi connectivity index (χ4n) is 2.27. The first-order valence-corrected chi connectivity index (χ1v) is 6.74. The molecule has 0 unspecified atom stereocenters. The Kier molecular flexibility index (Phi) is 4.48. The van der Waals surface area contributed by atoms with Gasteiger partial charge in [-0.3, -0.25) is 9.69 Å². The molecule has 0 aliphatic heterocycles. The zero-order valence-corrected chi connectivity index (χ0v) is 10.9. The highest BCUT2D eigenvalue weighted by Gasteiger charge is 2.28. The van der Waals surface area contributed by atoms with Gasteiger partial charge in [0.1, 0.15) is 5.82 Å². The Morgan fingerprint density at radius 1 is 1.33 bits per heavy atom. The topological polar surface area (TPSA) is 20.3 Å². The van der Waals surface area contributed by atoms with E-state index >= 15 is 0 Å². The number of carbonyl (C=O) groups excluding carboxylic acids is 1. The van der Waals surface area contributed by atoms with Gasteiger partial charge in [0.15, 0.2) is 5.78 Å². The number of carbonyl (C=O) groups is 1. The zero-order valence-electron chi connectivity index (χ0n) is 10.9. The highest BCUT2D eigenvalue weighted by atomic mass is 19.1. The van der Waals surface area contributed by atoms with Crippen molar-refractivity contribution in [3.05, 3.63) is 35.6 Å². The molecule has 0 N–H and O–H groups in total.